The molecule has 2 aromatic heterocycles. The summed E-state index contributed by atoms with van der Waals surface area (Å²) in [5, 5.41) is 7.27. The average molecular weight is 237 g/mol. The Kier molecular flexibility index (Phi) is 3.23. The van der Waals surface area contributed by atoms with E-state index in [4.69, 9.17) is 0 Å². The van der Waals surface area contributed by atoms with Crippen molar-refractivity contribution in [3.63, 3.8) is 0 Å². The SMILES string of the molecule is CC(CNc1nc2ccc(F)cn2n1)N(C)C. The first-order valence-electron chi connectivity index (χ1n) is 5.48. The molecule has 1 N–H and O–H groups in total. The van der Waals surface area contributed by atoms with Crippen molar-refractivity contribution in [1.29, 1.82) is 0 Å². The number of fused-ring (bicyclic) bond motifs is 1. The molecule has 5 nitrogen and oxygen atoms in total. The molecule has 0 saturated carbocycles. The van der Waals surface area contributed by atoms with E-state index in [1.165, 1.54) is 16.8 Å². The van der Waals surface area contributed by atoms with Crippen molar-refractivity contribution < 1.29 is 4.39 Å². The topological polar surface area (TPSA) is 45.5 Å². The number of pyridine rings is 1. The number of hydrogen-bond donors (Lipinski definition) is 1. The van der Waals surface area contributed by atoms with Gasteiger partial charge in [0.25, 0.3) is 0 Å². The first-order chi connectivity index (χ1) is 8.06. The van der Waals surface area contributed by atoms with E-state index in [9.17, 15) is 4.39 Å². The molecule has 0 spiro atoms. The molecule has 2 aromatic rings. The van der Waals surface area contributed by atoms with Gasteiger partial charge in [-0.2, -0.15) is 4.98 Å². The van der Waals surface area contributed by atoms with E-state index < -0.39 is 0 Å². The van der Waals surface area contributed by atoms with Gasteiger partial charge in [0.1, 0.15) is 5.82 Å². The molecule has 2 rings (SSSR count). The Morgan fingerprint density at radius 1 is 1.47 bits per heavy atom. The first kappa shape index (κ1) is 11.8. The molecular weight excluding hydrogens is 221 g/mol. The molecule has 17 heavy (non-hydrogen) atoms. The minimum absolute atomic E-state index is 0.324. The predicted molar refractivity (Wildman–Crippen MR) is 64.6 cm³/mol. The molecule has 0 radical (unpaired) electrons. The minimum atomic E-state index is -0.324. The summed E-state index contributed by atoms with van der Waals surface area (Å²) in [6.45, 7) is 2.84. The number of nitrogens with one attached hydrogen (secondary N) is 1. The van der Waals surface area contributed by atoms with E-state index in [1.54, 1.807) is 6.07 Å². The van der Waals surface area contributed by atoms with E-state index in [0.29, 0.717) is 17.6 Å². The number of nitrogens with zero attached hydrogens (tertiary/aromatic N) is 4. The molecule has 2 heterocycles. The molecule has 0 aliphatic carbocycles. The van der Waals surface area contributed by atoms with Crippen LogP contribution in [0.3, 0.4) is 0 Å². The van der Waals surface area contributed by atoms with Gasteiger partial charge in [-0.3, -0.25) is 0 Å². The lowest BCUT2D eigenvalue weighted by Gasteiger charge is -2.19. The van der Waals surface area contributed by atoms with E-state index >= 15 is 0 Å². The number of halogens is 1. The molecule has 0 aliphatic rings. The Bertz CT molecular complexity index is 508. The predicted octanol–water partition coefficient (Wildman–Crippen LogP) is 1.23. The number of rotatable bonds is 4. The van der Waals surface area contributed by atoms with E-state index in [1.807, 2.05) is 14.1 Å². The number of anilines is 1. The van der Waals surface area contributed by atoms with Gasteiger partial charge in [-0.15, -0.1) is 5.10 Å². The Morgan fingerprint density at radius 2 is 2.24 bits per heavy atom. The molecule has 92 valence electrons. The smallest absolute Gasteiger partial charge is 0.243 e. The third kappa shape index (κ3) is 2.71. The zero-order valence-corrected chi connectivity index (χ0v) is 10.2. The lowest BCUT2D eigenvalue weighted by atomic mass is 10.3. The Labute approximate surface area is 99.3 Å². The highest BCUT2D eigenvalue weighted by molar-refractivity contribution is 5.43. The third-order valence-corrected chi connectivity index (χ3v) is 2.73. The van der Waals surface area contributed by atoms with Gasteiger partial charge in [-0.05, 0) is 33.2 Å². The van der Waals surface area contributed by atoms with E-state index in [-0.39, 0.29) is 5.82 Å². The second-order valence-corrected chi connectivity index (χ2v) is 4.28. The molecular formula is C11H16FN5. The molecule has 0 amide bonds. The highest BCUT2D eigenvalue weighted by Gasteiger charge is 2.07. The first-order valence-corrected chi connectivity index (χ1v) is 5.48. The Hall–Kier alpha value is -1.69. The van der Waals surface area contributed by atoms with Crippen molar-refractivity contribution in [2.24, 2.45) is 0 Å². The van der Waals surface area contributed by atoms with Gasteiger partial charge in [-0.1, -0.05) is 0 Å². The van der Waals surface area contributed by atoms with Gasteiger partial charge in [0.05, 0.1) is 6.20 Å². The fourth-order valence-electron chi connectivity index (χ4n) is 1.35. The number of aromatic nitrogens is 3. The van der Waals surface area contributed by atoms with Gasteiger partial charge in [0.15, 0.2) is 5.65 Å². The van der Waals surface area contributed by atoms with Crippen LogP contribution in [0.1, 0.15) is 6.92 Å². The fraction of sp³-hybridized carbons (Fsp3) is 0.455. The van der Waals surface area contributed by atoms with Crippen LogP contribution in [-0.4, -0.2) is 46.2 Å². The molecule has 0 aliphatic heterocycles. The van der Waals surface area contributed by atoms with Gasteiger partial charge in [-0.25, -0.2) is 8.91 Å². The van der Waals surface area contributed by atoms with Crippen LogP contribution in [0.15, 0.2) is 18.3 Å². The van der Waals surface area contributed by atoms with Crippen LogP contribution in [0.5, 0.6) is 0 Å². The Balaban J connectivity index is 2.09. The lowest BCUT2D eigenvalue weighted by molar-refractivity contribution is 0.326. The van der Waals surface area contributed by atoms with Crippen molar-refractivity contribution in [3.8, 4) is 0 Å². The lowest BCUT2D eigenvalue weighted by Crippen LogP contribution is -2.31. The molecule has 0 saturated heterocycles. The molecule has 0 aromatic carbocycles. The van der Waals surface area contributed by atoms with Crippen LogP contribution < -0.4 is 5.32 Å². The molecule has 0 fully saturated rings. The zero-order valence-electron chi connectivity index (χ0n) is 10.2. The van der Waals surface area contributed by atoms with Crippen LogP contribution in [-0.2, 0) is 0 Å². The summed E-state index contributed by atoms with van der Waals surface area (Å²) >= 11 is 0. The molecule has 1 atom stereocenters. The van der Waals surface area contributed by atoms with Crippen LogP contribution >= 0.6 is 0 Å². The van der Waals surface area contributed by atoms with Crippen molar-refractivity contribution in [2.75, 3.05) is 26.0 Å². The van der Waals surface area contributed by atoms with Crippen molar-refractivity contribution in [3.05, 3.63) is 24.1 Å². The normalized spacial score (nSPS) is 13.2. The van der Waals surface area contributed by atoms with Crippen LogP contribution in [0.4, 0.5) is 10.3 Å². The maximum Gasteiger partial charge on any atom is 0.243 e. The van der Waals surface area contributed by atoms with E-state index in [0.717, 1.165) is 6.54 Å². The van der Waals surface area contributed by atoms with Crippen molar-refractivity contribution in [2.45, 2.75) is 13.0 Å². The van der Waals surface area contributed by atoms with Crippen molar-refractivity contribution in [1.82, 2.24) is 19.5 Å². The minimum Gasteiger partial charge on any atom is -0.351 e. The van der Waals surface area contributed by atoms with Gasteiger partial charge in [0.2, 0.25) is 5.95 Å². The maximum absolute atomic E-state index is 13.0. The maximum atomic E-state index is 13.0. The van der Waals surface area contributed by atoms with Gasteiger partial charge >= 0.3 is 0 Å². The van der Waals surface area contributed by atoms with Gasteiger partial charge in [0, 0.05) is 12.6 Å². The summed E-state index contributed by atoms with van der Waals surface area (Å²) in [6, 6.07) is 3.34. The summed E-state index contributed by atoms with van der Waals surface area (Å²) in [5.74, 6) is 0.194. The largest absolute Gasteiger partial charge is 0.351 e. The summed E-state index contributed by atoms with van der Waals surface area (Å²) < 4.78 is 14.4. The van der Waals surface area contributed by atoms with Crippen LogP contribution in [0.25, 0.3) is 5.65 Å². The fourth-order valence-corrected chi connectivity index (χ4v) is 1.35. The van der Waals surface area contributed by atoms with Gasteiger partial charge < -0.3 is 10.2 Å². The monoisotopic (exact) mass is 237 g/mol. The summed E-state index contributed by atoms with van der Waals surface area (Å²) in [5.41, 5.74) is 0.631. The molecule has 1 unspecified atom stereocenters. The zero-order chi connectivity index (χ0) is 12.4. The van der Waals surface area contributed by atoms with Crippen LogP contribution in [0, 0.1) is 5.82 Å². The molecule has 6 heteroatoms. The van der Waals surface area contributed by atoms with Crippen LogP contribution in [0.2, 0.25) is 0 Å². The second-order valence-electron chi connectivity index (χ2n) is 4.28. The summed E-state index contributed by atoms with van der Waals surface area (Å²) in [7, 11) is 4.03. The number of likely N-dealkylation sites (N-methyl/N-ethyl adjacent to an activating group) is 1. The molecule has 0 bridgehead atoms. The summed E-state index contributed by atoms with van der Waals surface area (Å²) in [6.07, 6.45) is 1.31. The highest BCUT2D eigenvalue weighted by atomic mass is 19.1. The highest BCUT2D eigenvalue weighted by Crippen LogP contribution is 2.07. The standard InChI is InChI=1S/C11H16FN5/c1-8(16(2)3)6-13-11-14-10-5-4-9(12)7-17(10)15-11/h4-5,7-8H,6H2,1-3H3,(H,13,15). The van der Waals surface area contributed by atoms with Crippen molar-refractivity contribution >= 4 is 11.6 Å². The second kappa shape index (κ2) is 4.67. The van der Waals surface area contributed by atoms with E-state index in [2.05, 4.69) is 27.2 Å². The average Bonchev–Trinajstić information content (AvgIpc) is 2.67. The Morgan fingerprint density at radius 3 is 2.94 bits per heavy atom. The third-order valence-electron chi connectivity index (χ3n) is 2.73. The number of hydrogen-bond acceptors (Lipinski definition) is 4. The quantitative estimate of drug-likeness (QED) is 0.868. The summed E-state index contributed by atoms with van der Waals surface area (Å²) in [4.78, 5) is 6.34.